The van der Waals surface area contributed by atoms with Crippen LogP contribution in [-0.2, 0) is 17.4 Å². The van der Waals surface area contributed by atoms with E-state index in [1.807, 2.05) is 26.0 Å². The predicted octanol–water partition coefficient (Wildman–Crippen LogP) is 17.5. The molecule has 1 heterocycles. The van der Waals surface area contributed by atoms with E-state index in [9.17, 15) is 0 Å². The summed E-state index contributed by atoms with van der Waals surface area (Å²) < 4.78 is 8.66. The molecule has 2 unspecified atom stereocenters. The number of hydrogen-bond acceptors (Lipinski definition) is 1. The molecule has 1 aromatic heterocycles. The number of rotatable bonds is 5. The minimum absolute atomic E-state index is 0. The number of terminal acetylenes is 1. The fourth-order valence-corrected chi connectivity index (χ4v) is 11.1. The molecule has 330 valence electrons. The standard InChI is InChI=1S/C48H34O.C15H11N.C2H6.CH4/c1-47(43-17-9-7-15-39(43)41-27-31-11-3-5-13-33(31)29-45(41)47)35-19-23-37(24-20-35)49-38-25-21-36(22-26-38)48(2)44-18-10-8-16-40(44)42-28-32-12-4-6-14-34(32)30-46(42)48;1-2-11-16-14-9-5-3-7-12(14)13-8-4-6-10-15(13)16;1-2;/h3-30H,1-2H3;1,3-10H,11H2;1-2H3;1H4. The molecule has 68 heavy (non-hydrogen) atoms. The van der Waals surface area contributed by atoms with Gasteiger partial charge in [-0.3, -0.25) is 0 Å². The third-order valence-corrected chi connectivity index (χ3v) is 14.4. The second-order valence-electron chi connectivity index (χ2n) is 17.8. The van der Waals surface area contributed by atoms with Gasteiger partial charge in [0.2, 0.25) is 0 Å². The quantitative estimate of drug-likeness (QED) is 0.157. The molecular formula is C66H55NO. The van der Waals surface area contributed by atoms with Gasteiger partial charge in [0.15, 0.2) is 0 Å². The summed E-state index contributed by atoms with van der Waals surface area (Å²) >= 11 is 0. The molecule has 10 aromatic carbocycles. The smallest absolute Gasteiger partial charge is 0.127 e. The first-order valence-electron chi connectivity index (χ1n) is 23.5. The first-order chi connectivity index (χ1) is 32.9. The summed E-state index contributed by atoms with van der Waals surface area (Å²) in [5.74, 6) is 4.38. The number of nitrogens with zero attached hydrogens (tertiary/aromatic N) is 1. The molecule has 2 aliphatic carbocycles. The zero-order chi connectivity index (χ0) is 45.7. The highest BCUT2D eigenvalue weighted by Crippen LogP contribution is 2.55. The normalized spacial score (nSPS) is 16.0. The third-order valence-electron chi connectivity index (χ3n) is 14.4. The zero-order valence-corrected chi connectivity index (χ0v) is 38.4. The van der Waals surface area contributed by atoms with E-state index in [0.29, 0.717) is 6.54 Å². The summed E-state index contributed by atoms with van der Waals surface area (Å²) in [7, 11) is 0. The van der Waals surface area contributed by atoms with Gasteiger partial charge in [-0.2, -0.15) is 0 Å². The van der Waals surface area contributed by atoms with E-state index in [4.69, 9.17) is 11.2 Å². The Balaban J connectivity index is 0.000000239. The van der Waals surface area contributed by atoms with Crippen LogP contribution in [0.4, 0.5) is 0 Å². The van der Waals surface area contributed by atoms with Crippen molar-refractivity contribution in [2.75, 3.05) is 0 Å². The fraction of sp³-hybridized carbons (Fsp3) is 0.121. The van der Waals surface area contributed by atoms with Crippen molar-refractivity contribution in [2.45, 2.75) is 52.5 Å². The van der Waals surface area contributed by atoms with Gasteiger partial charge in [0.05, 0.1) is 6.54 Å². The number of ether oxygens (including phenoxy) is 1. The summed E-state index contributed by atoms with van der Waals surface area (Å²) in [6, 6.07) is 78.8. The molecule has 0 spiro atoms. The summed E-state index contributed by atoms with van der Waals surface area (Å²) in [6.45, 7) is 9.35. The van der Waals surface area contributed by atoms with Crippen LogP contribution in [-0.4, -0.2) is 4.57 Å². The van der Waals surface area contributed by atoms with Gasteiger partial charge in [0.1, 0.15) is 11.5 Å². The van der Waals surface area contributed by atoms with Crippen molar-refractivity contribution in [1.82, 2.24) is 4.57 Å². The molecule has 0 saturated heterocycles. The van der Waals surface area contributed by atoms with Crippen LogP contribution in [0, 0.1) is 12.3 Å². The van der Waals surface area contributed by atoms with Gasteiger partial charge in [-0.1, -0.05) is 185 Å². The molecular weight excluding hydrogens is 823 g/mol. The first-order valence-corrected chi connectivity index (χ1v) is 23.5. The van der Waals surface area contributed by atoms with E-state index >= 15 is 0 Å². The highest BCUT2D eigenvalue weighted by atomic mass is 16.5. The highest BCUT2D eigenvalue weighted by Gasteiger charge is 2.42. The van der Waals surface area contributed by atoms with Gasteiger partial charge in [-0.05, 0) is 152 Å². The zero-order valence-electron chi connectivity index (χ0n) is 38.4. The molecule has 0 bridgehead atoms. The number of hydrogen-bond donors (Lipinski definition) is 0. The van der Waals surface area contributed by atoms with E-state index in [1.165, 1.54) is 99.0 Å². The average Bonchev–Trinajstić information content (AvgIpc) is 3.94. The van der Waals surface area contributed by atoms with Gasteiger partial charge in [0.25, 0.3) is 0 Å². The fourth-order valence-electron chi connectivity index (χ4n) is 11.1. The van der Waals surface area contributed by atoms with E-state index in [0.717, 1.165) is 11.5 Å². The van der Waals surface area contributed by atoms with E-state index in [1.54, 1.807) is 0 Å². The number of fused-ring (bicyclic) bond motifs is 11. The van der Waals surface area contributed by atoms with Crippen molar-refractivity contribution in [1.29, 1.82) is 0 Å². The number of aromatic nitrogens is 1. The predicted molar refractivity (Wildman–Crippen MR) is 289 cm³/mol. The topological polar surface area (TPSA) is 14.2 Å². The van der Waals surface area contributed by atoms with Crippen LogP contribution < -0.4 is 4.74 Å². The van der Waals surface area contributed by atoms with E-state index < -0.39 is 0 Å². The summed E-state index contributed by atoms with van der Waals surface area (Å²) in [4.78, 5) is 0. The van der Waals surface area contributed by atoms with Crippen molar-refractivity contribution >= 4 is 43.4 Å². The Morgan fingerprint density at radius 1 is 0.412 bits per heavy atom. The van der Waals surface area contributed by atoms with Crippen LogP contribution in [0.5, 0.6) is 11.5 Å². The van der Waals surface area contributed by atoms with Crippen LogP contribution in [0.25, 0.3) is 65.6 Å². The Kier molecular flexibility index (Phi) is 11.3. The van der Waals surface area contributed by atoms with Gasteiger partial charge >= 0.3 is 0 Å². The van der Waals surface area contributed by atoms with Crippen LogP contribution in [0.3, 0.4) is 0 Å². The lowest BCUT2D eigenvalue weighted by Gasteiger charge is -2.29. The minimum Gasteiger partial charge on any atom is -0.457 e. The van der Waals surface area contributed by atoms with Gasteiger partial charge in [-0.15, -0.1) is 6.42 Å². The summed E-state index contributed by atoms with van der Waals surface area (Å²) in [5.41, 5.74) is 15.1. The SMILES string of the molecule is C.C#CCn1c2ccccc2c2ccccc21.CC.CC1(c2ccc(Oc3ccc(C4(C)c5ccccc5-c5cc6ccccc6cc54)cc3)cc2)c2ccccc2-c2cc3ccccc3cc21. The molecule has 0 saturated carbocycles. The maximum absolute atomic E-state index is 6.47. The lowest BCUT2D eigenvalue weighted by Crippen LogP contribution is -2.22. The number of benzene rings is 10. The Morgan fingerprint density at radius 2 is 0.765 bits per heavy atom. The molecule has 2 atom stereocenters. The maximum Gasteiger partial charge on any atom is 0.127 e. The minimum atomic E-state index is -0.259. The highest BCUT2D eigenvalue weighted by molar-refractivity contribution is 6.08. The van der Waals surface area contributed by atoms with Crippen molar-refractivity contribution in [3.05, 3.63) is 252 Å². The third kappa shape index (κ3) is 6.89. The second-order valence-corrected chi connectivity index (χ2v) is 17.8. The van der Waals surface area contributed by atoms with Crippen LogP contribution in [0.15, 0.2) is 218 Å². The van der Waals surface area contributed by atoms with Crippen LogP contribution in [0.2, 0.25) is 0 Å². The number of para-hydroxylation sites is 2. The molecule has 0 amide bonds. The Labute approximate surface area is 401 Å². The van der Waals surface area contributed by atoms with Gasteiger partial charge < -0.3 is 9.30 Å². The molecule has 2 aliphatic rings. The molecule has 0 radical (unpaired) electrons. The Morgan fingerprint density at radius 3 is 1.18 bits per heavy atom. The largest absolute Gasteiger partial charge is 0.457 e. The van der Waals surface area contributed by atoms with E-state index in [-0.39, 0.29) is 18.3 Å². The maximum atomic E-state index is 6.47. The first kappa shape index (κ1) is 43.8. The van der Waals surface area contributed by atoms with E-state index in [2.05, 4.69) is 231 Å². The molecule has 2 nitrogen and oxygen atoms in total. The molecule has 0 fully saturated rings. The summed E-state index contributed by atoms with van der Waals surface area (Å²) in [5, 5.41) is 7.64. The summed E-state index contributed by atoms with van der Waals surface area (Å²) in [6.07, 6.45) is 5.43. The lowest BCUT2D eigenvalue weighted by atomic mass is 9.74. The van der Waals surface area contributed by atoms with Crippen molar-refractivity contribution < 1.29 is 4.74 Å². The molecule has 11 aromatic rings. The molecule has 0 N–H and O–H groups in total. The molecule has 2 heteroatoms. The van der Waals surface area contributed by atoms with Gasteiger partial charge in [-0.25, -0.2) is 0 Å². The second kappa shape index (κ2) is 17.6. The Bertz CT molecular complexity index is 3460. The van der Waals surface area contributed by atoms with Crippen LogP contribution in [0.1, 0.15) is 68.5 Å². The van der Waals surface area contributed by atoms with Crippen molar-refractivity contribution in [3.8, 4) is 46.1 Å². The monoisotopic (exact) mass is 877 g/mol. The van der Waals surface area contributed by atoms with Crippen molar-refractivity contribution in [3.63, 3.8) is 0 Å². The lowest BCUT2D eigenvalue weighted by molar-refractivity contribution is 0.481. The molecule has 0 aliphatic heterocycles. The van der Waals surface area contributed by atoms with Crippen LogP contribution >= 0.6 is 0 Å². The average molecular weight is 878 g/mol. The van der Waals surface area contributed by atoms with Gasteiger partial charge in [0, 0.05) is 32.6 Å². The molecule has 13 rings (SSSR count). The Hall–Kier alpha value is -8.12. The van der Waals surface area contributed by atoms with Crippen molar-refractivity contribution in [2.24, 2.45) is 0 Å².